The molecule has 98 valence electrons. The predicted octanol–water partition coefficient (Wildman–Crippen LogP) is 2.55. The Bertz CT molecular complexity index is 433. The third kappa shape index (κ3) is 4.87. The smallest absolute Gasteiger partial charge is 0.251 e. The summed E-state index contributed by atoms with van der Waals surface area (Å²) in [7, 11) is 0. The number of amides is 2. The van der Waals surface area contributed by atoms with E-state index in [1.54, 1.807) is 24.3 Å². The number of carbonyl (C=O) groups is 2. The third-order valence-electron chi connectivity index (χ3n) is 2.15. The number of alkyl halides is 1. The van der Waals surface area contributed by atoms with Gasteiger partial charge in [0.1, 0.15) is 0 Å². The van der Waals surface area contributed by atoms with Crippen molar-refractivity contribution in [3.05, 3.63) is 29.8 Å². The van der Waals surface area contributed by atoms with E-state index < -0.39 is 0 Å². The van der Waals surface area contributed by atoms with Crippen LogP contribution in [0.1, 0.15) is 30.6 Å². The number of anilines is 1. The number of carbonyl (C=O) groups excluding carboxylic acids is 2. The molecular formula is C13H17BrN2O2. The maximum atomic E-state index is 11.8. The fraction of sp³-hybridized carbons (Fsp3) is 0.385. The van der Waals surface area contributed by atoms with Crippen LogP contribution in [0.2, 0.25) is 0 Å². The van der Waals surface area contributed by atoms with Crippen molar-refractivity contribution in [3.63, 3.8) is 0 Å². The molecule has 18 heavy (non-hydrogen) atoms. The lowest BCUT2D eigenvalue weighted by atomic mass is 10.1. The summed E-state index contributed by atoms with van der Waals surface area (Å²) in [5.41, 5.74) is 1.18. The standard InChI is InChI=1S/C13H17BrN2O2/c1-9(2)15-13(18)10-4-3-5-11(8-10)16-12(17)6-7-14/h3-5,8-9H,6-7H2,1-2H3,(H,15,18)(H,16,17). The van der Waals surface area contributed by atoms with Crippen molar-refractivity contribution in [1.29, 1.82) is 0 Å². The van der Waals surface area contributed by atoms with Crippen molar-refractivity contribution in [1.82, 2.24) is 5.32 Å². The number of halogens is 1. The van der Waals surface area contributed by atoms with Crippen molar-refractivity contribution in [2.75, 3.05) is 10.6 Å². The third-order valence-corrected chi connectivity index (χ3v) is 2.55. The van der Waals surface area contributed by atoms with Gasteiger partial charge in [0.25, 0.3) is 5.91 Å². The minimum absolute atomic E-state index is 0.0757. The predicted molar refractivity (Wildman–Crippen MR) is 76.1 cm³/mol. The molecule has 2 amide bonds. The SMILES string of the molecule is CC(C)NC(=O)c1cccc(NC(=O)CCBr)c1. The molecule has 0 heterocycles. The van der Waals surface area contributed by atoms with E-state index in [1.165, 1.54) is 0 Å². The average molecular weight is 313 g/mol. The quantitative estimate of drug-likeness (QED) is 0.821. The molecule has 0 saturated heterocycles. The Kier molecular flexibility index (Phi) is 5.85. The van der Waals surface area contributed by atoms with E-state index in [9.17, 15) is 9.59 Å². The van der Waals surface area contributed by atoms with Crippen molar-refractivity contribution in [2.45, 2.75) is 26.3 Å². The van der Waals surface area contributed by atoms with Gasteiger partial charge < -0.3 is 10.6 Å². The van der Waals surface area contributed by atoms with E-state index in [0.29, 0.717) is 23.0 Å². The highest BCUT2D eigenvalue weighted by Gasteiger charge is 2.08. The molecule has 5 heteroatoms. The largest absolute Gasteiger partial charge is 0.350 e. The molecular weight excluding hydrogens is 296 g/mol. The molecule has 0 aliphatic heterocycles. The van der Waals surface area contributed by atoms with Crippen LogP contribution < -0.4 is 10.6 Å². The molecule has 1 aromatic rings. The topological polar surface area (TPSA) is 58.2 Å². The van der Waals surface area contributed by atoms with E-state index >= 15 is 0 Å². The van der Waals surface area contributed by atoms with Gasteiger partial charge in [0.2, 0.25) is 5.91 Å². The highest BCUT2D eigenvalue weighted by molar-refractivity contribution is 9.09. The first-order valence-electron chi connectivity index (χ1n) is 5.79. The maximum Gasteiger partial charge on any atom is 0.251 e. The van der Waals surface area contributed by atoms with Crippen LogP contribution in [0.15, 0.2) is 24.3 Å². The molecule has 2 N–H and O–H groups in total. The fourth-order valence-corrected chi connectivity index (χ4v) is 1.75. The van der Waals surface area contributed by atoms with E-state index in [2.05, 4.69) is 26.6 Å². The van der Waals surface area contributed by atoms with Gasteiger partial charge >= 0.3 is 0 Å². The van der Waals surface area contributed by atoms with Crippen molar-refractivity contribution in [3.8, 4) is 0 Å². The van der Waals surface area contributed by atoms with Crippen LogP contribution >= 0.6 is 15.9 Å². The molecule has 0 unspecified atom stereocenters. The second-order valence-corrected chi connectivity index (χ2v) is 4.99. The zero-order valence-electron chi connectivity index (χ0n) is 10.5. The fourth-order valence-electron chi connectivity index (χ4n) is 1.39. The lowest BCUT2D eigenvalue weighted by Gasteiger charge is -2.10. The van der Waals surface area contributed by atoms with E-state index in [4.69, 9.17) is 0 Å². The number of rotatable bonds is 5. The van der Waals surface area contributed by atoms with Gasteiger partial charge in [0.15, 0.2) is 0 Å². The summed E-state index contributed by atoms with van der Waals surface area (Å²) in [6, 6.07) is 6.99. The van der Waals surface area contributed by atoms with Crippen LogP contribution in [0.4, 0.5) is 5.69 Å². The highest BCUT2D eigenvalue weighted by Crippen LogP contribution is 2.11. The van der Waals surface area contributed by atoms with Gasteiger partial charge in [0, 0.05) is 29.0 Å². The lowest BCUT2D eigenvalue weighted by molar-refractivity contribution is -0.115. The Morgan fingerprint density at radius 3 is 2.67 bits per heavy atom. The van der Waals surface area contributed by atoms with Gasteiger partial charge in [-0.15, -0.1) is 0 Å². The number of hydrogen-bond donors (Lipinski definition) is 2. The molecule has 0 bridgehead atoms. The molecule has 1 rings (SSSR count). The Labute approximate surface area is 115 Å². The normalized spacial score (nSPS) is 10.2. The van der Waals surface area contributed by atoms with E-state index in [-0.39, 0.29) is 17.9 Å². The van der Waals surface area contributed by atoms with Crippen molar-refractivity contribution < 1.29 is 9.59 Å². The summed E-state index contributed by atoms with van der Waals surface area (Å²) < 4.78 is 0. The van der Waals surface area contributed by atoms with Gasteiger partial charge in [-0.2, -0.15) is 0 Å². The minimum atomic E-state index is -0.137. The van der Waals surface area contributed by atoms with E-state index in [1.807, 2.05) is 13.8 Å². The number of benzene rings is 1. The summed E-state index contributed by atoms with van der Waals surface area (Å²) in [5.74, 6) is -0.213. The first-order chi connectivity index (χ1) is 8.52. The molecule has 0 saturated carbocycles. The van der Waals surface area contributed by atoms with Gasteiger partial charge in [-0.25, -0.2) is 0 Å². The summed E-state index contributed by atoms with van der Waals surface area (Å²) in [4.78, 5) is 23.2. The lowest BCUT2D eigenvalue weighted by Crippen LogP contribution is -2.30. The van der Waals surface area contributed by atoms with Crippen LogP contribution in [-0.4, -0.2) is 23.2 Å². The summed E-state index contributed by atoms with van der Waals surface area (Å²) in [6.07, 6.45) is 0.405. The zero-order chi connectivity index (χ0) is 13.5. The second-order valence-electron chi connectivity index (χ2n) is 4.20. The first-order valence-corrected chi connectivity index (χ1v) is 6.92. The van der Waals surface area contributed by atoms with Crippen LogP contribution in [0.3, 0.4) is 0 Å². The monoisotopic (exact) mass is 312 g/mol. The van der Waals surface area contributed by atoms with Gasteiger partial charge in [0.05, 0.1) is 0 Å². The van der Waals surface area contributed by atoms with E-state index in [0.717, 1.165) is 0 Å². The average Bonchev–Trinajstić information content (AvgIpc) is 2.28. The van der Waals surface area contributed by atoms with Crippen molar-refractivity contribution in [2.24, 2.45) is 0 Å². The van der Waals surface area contributed by atoms with Gasteiger partial charge in [-0.3, -0.25) is 9.59 Å². The molecule has 0 radical (unpaired) electrons. The Morgan fingerprint density at radius 1 is 1.33 bits per heavy atom. The molecule has 0 aliphatic rings. The Balaban J connectivity index is 2.73. The van der Waals surface area contributed by atoms with Crippen LogP contribution in [0.5, 0.6) is 0 Å². The minimum Gasteiger partial charge on any atom is -0.350 e. The van der Waals surface area contributed by atoms with Crippen LogP contribution in [-0.2, 0) is 4.79 Å². The molecule has 4 nitrogen and oxygen atoms in total. The number of nitrogens with one attached hydrogen (secondary N) is 2. The molecule has 0 atom stereocenters. The molecule has 0 fully saturated rings. The molecule has 0 aromatic heterocycles. The highest BCUT2D eigenvalue weighted by atomic mass is 79.9. The summed E-state index contributed by atoms with van der Waals surface area (Å²) in [5, 5.41) is 6.17. The number of hydrogen-bond acceptors (Lipinski definition) is 2. The Morgan fingerprint density at radius 2 is 2.06 bits per heavy atom. The zero-order valence-corrected chi connectivity index (χ0v) is 12.1. The van der Waals surface area contributed by atoms with Crippen LogP contribution in [0, 0.1) is 0 Å². The van der Waals surface area contributed by atoms with Gasteiger partial charge in [-0.1, -0.05) is 22.0 Å². The molecule has 0 aliphatic carbocycles. The second kappa shape index (κ2) is 7.16. The van der Waals surface area contributed by atoms with Crippen LogP contribution in [0.25, 0.3) is 0 Å². The van der Waals surface area contributed by atoms with Crippen molar-refractivity contribution >= 4 is 33.4 Å². The Hall–Kier alpha value is -1.36. The first kappa shape index (κ1) is 14.7. The maximum absolute atomic E-state index is 11.8. The molecule has 0 spiro atoms. The van der Waals surface area contributed by atoms with Gasteiger partial charge in [-0.05, 0) is 32.0 Å². The summed E-state index contributed by atoms with van der Waals surface area (Å²) in [6.45, 7) is 3.80. The molecule has 1 aromatic carbocycles. The summed E-state index contributed by atoms with van der Waals surface area (Å²) >= 11 is 3.20.